The predicted molar refractivity (Wildman–Crippen MR) is 93.5 cm³/mol. The van der Waals surface area contributed by atoms with E-state index in [1.54, 1.807) is 0 Å². The number of carboxylic acids is 1. The Morgan fingerprint density at radius 2 is 2.05 bits per heavy atom. The first-order valence-corrected chi connectivity index (χ1v) is 11.6. The number of carbonyl (C=O) groups excluding carboxylic acids is 1. The Morgan fingerprint density at radius 3 is 2.55 bits per heavy atom. The molecule has 5 nitrogen and oxygen atoms in total. The quantitative estimate of drug-likeness (QED) is 0.461. The maximum Gasteiger partial charge on any atom is 0.332 e. The van der Waals surface area contributed by atoms with E-state index in [2.05, 4.69) is 33.9 Å². The summed E-state index contributed by atoms with van der Waals surface area (Å²) in [5.41, 5.74) is 0. The normalized spacial score (nSPS) is 28.6. The van der Waals surface area contributed by atoms with Crippen molar-refractivity contribution < 1.29 is 19.1 Å². The van der Waals surface area contributed by atoms with Gasteiger partial charge in [0.25, 0.3) is 0 Å². The van der Waals surface area contributed by atoms with Crippen LogP contribution in [0.3, 0.4) is 0 Å². The van der Waals surface area contributed by atoms with Gasteiger partial charge in [-0.15, -0.1) is 0 Å². The average Bonchev–Trinajstić information content (AvgIpc) is 2.67. The highest BCUT2D eigenvalue weighted by Gasteiger charge is 2.58. The summed E-state index contributed by atoms with van der Waals surface area (Å²) in [6, 6.07) is -0.935. The molecular formula is C14H23NO4S2Si. The standard InChI is InChI=1S/C14H23NO4S2Si/c1-14(2,3)22(4,5)19-7-6-8-10(16)15-9(12(17)18)13(20)21-11(8)15/h8-9,11H,6-7H2,1-5H3,(H,17,18)/t8-,9+,11+/m0/s1. The average molecular weight is 362 g/mol. The topological polar surface area (TPSA) is 66.8 Å². The van der Waals surface area contributed by atoms with E-state index in [0.717, 1.165) is 0 Å². The molecule has 124 valence electrons. The Bertz CT molecular complexity index is 517. The number of aliphatic carboxylic acids is 1. The van der Waals surface area contributed by atoms with Crippen LogP contribution in [-0.2, 0) is 14.0 Å². The van der Waals surface area contributed by atoms with Crippen LogP contribution in [0.1, 0.15) is 27.2 Å². The van der Waals surface area contributed by atoms with Crippen molar-refractivity contribution in [3.63, 3.8) is 0 Å². The van der Waals surface area contributed by atoms with Gasteiger partial charge in [0.1, 0.15) is 0 Å². The number of rotatable bonds is 5. The van der Waals surface area contributed by atoms with Gasteiger partial charge in [-0.2, -0.15) is 0 Å². The third-order valence-electron chi connectivity index (χ3n) is 4.86. The highest BCUT2D eigenvalue weighted by Crippen LogP contribution is 2.46. The molecule has 0 radical (unpaired) electrons. The molecule has 2 rings (SSSR count). The van der Waals surface area contributed by atoms with Crippen molar-refractivity contribution in [2.24, 2.45) is 5.92 Å². The van der Waals surface area contributed by atoms with Crippen LogP contribution in [0.5, 0.6) is 0 Å². The fourth-order valence-corrected chi connectivity index (χ4v) is 5.31. The zero-order valence-corrected chi connectivity index (χ0v) is 16.2. The molecule has 8 heteroatoms. The van der Waals surface area contributed by atoms with Crippen molar-refractivity contribution in [3.05, 3.63) is 0 Å². The number of hydrogen-bond acceptors (Lipinski definition) is 5. The zero-order chi connectivity index (χ0) is 16.9. The first-order chi connectivity index (χ1) is 9.97. The minimum atomic E-state index is -1.81. The number of fused-ring (bicyclic) bond motifs is 1. The molecule has 2 heterocycles. The van der Waals surface area contributed by atoms with Crippen LogP contribution in [-0.4, -0.2) is 52.4 Å². The summed E-state index contributed by atoms with van der Waals surface area (Å²) in [5, 5.41) is 9.19. The van der Waals surface area contributed by atoms with Crippen molar-refractivity contribution in [3.8, 4) is 0 Å². The number of carboxylic acid groups (broad SMARTS) is 1. The second-order valence-corrected chi connectivity index (χ2v) is 14.0. The third-order valence-corrected chi connectivity index (χ3v) is 11.2. The van der Waals surface area contributed by atoms with Gasteiger partial charge in [-0.25, -0.2) is 4.79 Å². The number of thioether (sulfide) groups is 1. The van der Waals surface area contributed by atoms with Gasteiger partial charge in [-0.3, -0.25) is 4.79 Å². The summed E-state index contributed by atoms with van der Waals surface area (Å²) in [5.74, 6) is -1.31. The number of hydrogen-bond donors (Lipinski definition) is 1. The molecule has 2 aliphatic heterocycles. The van der Waals surface area contributed by atoms with Gasteiger partial charge in [-0.05, 0) is 24.6 Å². The Balaban J connectivity index is 1.91. The summed E-state index contributed by atoms with van der Waals surface area (Å²) in [4.78, 5) is 24.8. The molecule has 0 aromatic rings. The van der Waals surface area contributed by atoms with Crippen LogP contribution in [0.4, 0.5) is 0 Å². The molecular weight excluding hydrogens is 338 g/mol. The van der Waals surface area contributed by atoms with E-state index in [9.17, 15) is 9.59 Å². The molecule has 0 bridgehead atoms. The van der Waals surface area contributed by atoms with E-state index < -0.39 is 20.3 Å². The second kappa shape index (κ2) is 5.88. The minimum absolute atomic E-state index is 0.108. The van der Waals surface area contributed by atoms with E-state index in [1.165, 1.54) is 16.7 Å². The van der Waals surface area contributed by atoms with Crippen molar-refractivity contribution in [1.29, 1.82) is 0 Å². The smallest absolute Gasteiger partial charge is 0.332 e. The summed E-state index contributed by atoms with van der Waals surface area (Å²) >= 11 is 6.44. The molecule has 0 saturated carbocycles. The molecule has 0 spiro atoms. The molecule has 0 aliphatic carbocycles. The van der Waals surface area contributed by atoms with E-state index in [1.807, 2.05) is 0 Å². The SMILES string of the molecule is CC(C)(C)[Si](C)(C)OCC[C@H]1C(=O)N2[C@H](C(=O)O)C(=S)S[C@H]12. The largest absolute Gasteiger partial charge is 0.479 e. The number of thiocarbonyl (C=S) groups is 1. The molecule has 3 atom stereocenters. The molecule has 2 saturated heterocycles. The maximum atomic E-state index is 12.2. The van der Waals surface area contributed by atoms with Gasteiger partial charge in [0.05, 0.1) is 15.5 Å². The van der Waals surface area contributed by atoms with Crippen LogP contribution in [0, 0.1) is 5.92 Å². The summed E-state index contributed by atoms with van der Waals surface area (Å²) in [6.07, 6.45) is 0.633. The zero-order valence-electron chi connectivity index (χ0n) is 13.6. The lowest BCUT2D eigenvalue weighted by atomic mass is 9.93. The number of β-lactam (4-membered cyclic amide) rings is 1. The van der Waals surface area contributed by atoms with E-state index in [-0.39, 0.29) is 22.2 Å². The minimum Gasteiger partial charge on any atom is -0.479 e. The Morgan fingerprint density at radius 1 is 1.45 bits per heavy atom. The van der Waals surface area contributed by atoms with Gasteiger partial charge in [0.2, 0.25) is 5.91 Å². The molecule has 1 amide bonds. The lowest BCUT2D eigenvalue weighted by Gasteiger charge is -2.43. The first-order valence-electron chi connectivity index (χ1n) is 7.37. The third kappa shape index (κ3) is 2.98. The van der Waals surface area contributed by atoms with Crippen LogP contribution >= 0.6 is 24.0 Å². The lowest BCUT2D eigenvalue weighted by Crippen LogP contribution is -2.61. The molecule has 0 aromatic heterocycles. The molecule has 2 aliphatic rings. The van der Waals surface area contributed by atoms with Crippen molar-refractivity contribution >= 4 is 48.4 Å². The van der Waals surface area contributed by atoms with Crippen molar-refractivity contribution in [2.45, 2.75) is 56.7 Å². The second-order valence-electron chi connectivity index (χ2n) is 7.32. The molecule has 22 heavy (non-hydrogen) atoms. The van der Waals surface area contributed by atoms with Crippen LogP contribution in [0.25, 0.3) is 0 Å². The fourth-order valence-electron chi connectivity index (χ4n) is 2.40. The van der Waals surface area contributed by atoms with E-state index >= 15 is 0 Å². The highest BCUT2D eigenvalue weighted by molar-refractivity contribution is 8.24. The van der Waals surface area contributed by atoms with Gasteiger partial charge >= 0.3 is 5.97 Å². The van der Waals surface area contributed by atoms with Crippen LogP contribution in [0.2, 0.25) is 18.1 Å². The highest BCUT2D eigenvalue weighted by atomic mass is 32.2. The fraction of sp³-hybridized carbons (Fsp3) is 0.786. The van der Waals surface area contributed by atoms with Crippen molar-refractivity contribution in [1.82, 2.24) is 4.90 Å². The maximum absolute atomic E-state index is 12.2. The molecule has 0 unspecified atom stereocenters. The number of nitrogens with zero attached hydrogens (tertiary/aromatic N) is 1. The van der Waals surface area contributed by atoms with Gasteiger partial charge < -0.3 is 14.4 Å². The Labute approximate surface area is 141 Å². The van der Waals surface area contributed by atoms with Gasteiger partial charge in [0, 0.05) is 6.61 Å². The summed E-state index contributed by atoms with van der Waals surface area (Å²) in [6.45, 7) is 11.4. The van der Waals surface area contributed by atoms with Gasteiger partial charge in [-0.1, -0.05) is 44.8 Å². The van der Waals surface area contributed by atoms with Crippen LogP contribution < -0.4 is 0 Å². The van der Waals surface area contributed by atoms with Crippen molar-refractivity contribution in [2.75, 3.05) is 6.61 Å². The lowest BCUT2D eigenvalue weighted by molar-refractivity contribution is -0.160. The number of amides is 1. The Kier molecular flexibility index (Phi) is 4.79. The summed E-state index contributed by atoms with van der Waals surface area (Å²) < 4.78 is 6.50. The summed E-state index contributed by atoms with van der Waals surface area (Å²) in [7, 11) is -1.81. The predicted octanol–water partition coefficient (Wildman–Crippen LogP) is 2.71. The van der Waals surface area contributed by atoms with E-state index in [0.29, 0.717) is 17.2 Å². The molecule has 1 N–H and O–H groups in total. The number of carbonyl (C=O) groups is 2. The molecule has 0 aromatic carbocycles. The molecule has 2 fully saturated rings. The first kappa shape index (κ1) is 17.9. The monoisotopic (exact) mass is 361 g/mol. The Hall–Kier alpha value is -0.443. The van der Waals surface area contributed by atoms with Crippen LogP contribution in [0.15, 0.2) is 0 Å². The van der Waals surface area contributed by atoms with E-state index in [4.69, 9.17) is 21.8 Å². The van der Waals surface area contributed by atoms with Gasteiger partial charge in [0.15, 0.2) is 14.4 Å².